The maximum atomic E-state index is 9.97. The third-order valence-corrected chi connectivity index (χ3v) is 3.10. The molecule has 0 aliphatic rings. The molecule has 0 fully saturated rings. The Bertz CT molecular complexity index is 193. The van der Waals surface area contributed by atoms with Gasteiger partial charge in [0.25, 0.3) is 0 Å². The molecular weight excluding hydrogens is 262 g/mol. The number of hydrogen-bond donors (Lipinski definition) is 6. The van der Waals surface area contributed by atoms with Crippen LogP contribution in [-0.4, -0.2) is 61.5 Å². The largest absolute Gasteiger partial charge is 0.479 e. The summed E-state index contributed by atoms with van der Waals surface area (Å²) < 4.78 is 0. The fourth-order valence-corrected chi connectivity index (χ4v) is 1.69. The van der Waals surface area contributed by atoms with Gasteiger partial charge in [0.15, 0.2) is 0 Å². The number of carboxylic acid groups (broad SMARTS) is 2. The van der Waals surface area contributed by atoms with Crippen LogP contribution in [0.4, 0.5) is 0 Å². The summed E-state index contributed by atoms with van der Waals surface area (Å²) in [5.74, 6) is -2.96. The number of carboxylic acids is 2. The molecule has 0 aliphatic heterocycles. The van der Waals surface area contributed by atoms with Crippen molar-refractivity contribution in [2.24, 2.45) is 5.73 Å². The molecule has 16 heavy (non-hydrogen) atoms. The van der Waals surface area contributed by atoms with Gasteiger partial charge in [-0.15, -0.1) is 0 Å². The van der Waals surface area contributed by atoms with Crippen LogP contribution in [-0.2, 0) is 9.59 Å². The van der Waals surface area contributed by atoms with Crippen LogP contribution in [0.1, 0.15) is 0 Å². The predicted molar refractivity (Wildman–Crippen MR) is 58.6 cm³/mol. The number of aliphatic carboxylic acids is 2. The Hall–Kier alpha value is -0.520. The number of carbonyl (C=O) groups is 2. The molecule has 0 saturated heterocycles. The van der Waals surface area contributed by atoms with E-state index in [0.717, 1.165) is 0 Å². The summed E-state index contributed by atoms with van der Waals surface area (Å²) in [5, 5.41) is 41.2. The summed E-state index contributed by atoms with van der Waals surface area (Å²) in [5.41, 5.74) is 1.31. The number of aliphatic hydroxyl groups excluding tert-OH is 3. The molecule has 0 saturated carbocycles. The SMILES string of the molecule is NCCO.O=C(O)C(O)SSC(O)C(=O)O. The van der Waals surface area contributed by atoms with Crippen LogP contribution in [0, 0.1) is 0 Å². The average molecular weight is 275 g/mol. The van der Waals surface area contributed by atoms with Crippen LogP contribution in [0.5, 0.6) is 0 Å². The van der Waals surface area contributed by atoms with Crippen molar-refractivity contribution in [3.05, 3.63) is 0 Å². The van der Waals surface area contributed by atoms with E-state index in [0.29, 0.717) is 28.1 Å². The highest BCUT2D eigenvalue weighted by atomic mass is 33.1. The minimum absolute atomic E-state index is 0.0972. The van der Waals surface area contributed by atoms with Crippen molar-refractivity contribution < 1.29 is 35.1 Å². The van der Waals surface area contributed by atoms with Crippen LogP contribution < -0.4 is 5.73 Å². The van der Waals surface area contributed by atoms with Crippen molar-refractivity contribution in [1.29, 1.82) is 0 Å². The molecule has 96 valence electrons. The van der Waals surface area contributed by atoms with E-state index in [-0.39, 0.29) is 6.61 Å². The third-order valence-electron chi connectivity index (χ3n) is 0.789. The Morgan fingerprint density at radius 1 is 1.06 bits per heavy atom. The molecule has 0 aromatic carbocycles. The Kier molecular flexibility index (Phi) is 12.3. The molecule has 0 radical (unpaired) electrons. The first-order chi connectivity index (χ1) is 7.36. The lowest BCUT2D eigenvalue weighted by molar-refractivity contribution is -0.142. The number of nitrogens with two attached hydrogens (primary N) is 1. The van der Waals surface area contributed by atoms with Gasteiger partial charge in [-0.25, -0.2) is 9.59 Å². The standard InChI is InChI=1S/C4H6O6S2.C2H7NO/c5-1(6)3(9)11-12-4(10)2(7)8;3-1-2-4/h3-4,9-10H,(H,5,6)(H,7,8);4H,1-3H2. The second-order valence-electron chi connectivity index (χ2n) is 2.09. The molecule has 0 aromatic rings. The molecule has 0 bridgehead atoms. The van der Waals surface area contributed by atoms with Crippen LogP contribution in [0.2, 0.25) is 0 Å². The molecule has 7 N–H and O–H groups in total. The number of aliphatic hydroxyl groups is 3. The summed E-state index contributed by atoms with van der Waals surface area (Å²) in [6.07, 6.45) is 0. The predicted octanol–water partition coefficient (Wildman–Crippen LogP) is -1.89. The third kappa shape index (κ3) is 11.6. The molecule has 2 atom stereocenters. The first-order valence-corrected chi connectivity index (χ1v) is 6.09. The fourth-order valence-electron chi connectivity index (χ4n) is 0.188. The van der Waals surface area contributed by atoms with Gasteiger partial charge >= 0.3 is 11.9 Å². The Balaban J connectivity index is 0. The average Bonchev–Trinajstić information content (AvgIpc) is 2.25. The van der Waals surface area contributed by atoms with Gasteiger partial charge in [0, 0.05) is 6.54 Å². The van der Waals surface area contributed by atoms with E-state index < -0.39 is 22.8 Å². The highest BCUT2D eigenvalue weighted by molar-refractivity contribution is 8.77. The van der Waals surface area contributed by atoms with Crippen LogP contribution in [0.3, 0.4) is 0 Å². The van der Waals surface area contributed by atoms with Crippen LogP contribution >= 0.6 is 21.6 Å². The van der Waals surface area contributed by atoms with E-state index in [1.807, 2.05) is 0 Å². The zero-order valence-corrected chi connectivity index (χ0v) is 9.65. The summed E-state index contributed by atoms with van der Waals surface area (Å²) >= 11 is 0. The second-order valence-corrected chi connectivity index (χ2v) is 4.52. The molecule has 0 aromatic heterocycles. The maximum absolute atomic E-state index is 9.97. The Morgan fingerprint density at radius 2 is 1.31 bits per heavy atom. The van der Waals surface area contributed by atoms with Gasteiger partial charge in [-0.1, -0.05) is 0 Å². The maximum Gasteiger partial charge on any atom is 0.344 e. The van der Waals surface area contributed by atoms with Crippen molar-refractivity contribution in [1.82, 2.24) is 0 Å². The van der Waals surface area contributed by atoms with Crippen LogP contribution in [0.25, 0.3) is 0 Å². The topological polar surface area (TPSA) is 161 Å². The van der Waals surface area contributed by atoms with Gasteiger partial charge in [0.05, 0.1) is 6.61 Å². The van der Waals surface area contributed by atoms with Gasteiger partial charge in [0.2, 0.25) is 10.9 Å². The van der Waals surface area contributed by atoms with E-state index in [2.05, 4.69) is 0 Å². The Morgan fingerprint density at radius 3 is 1.44 bits per heavy atom. The number of hydrogen-bond acceptors (Lipinski definition) is 8. The van der Waals surface area contributed by atoms with Gasteiger partial charge in [0.1, 0.15) is 0 Å². The molecular formula is C6H13NO7S2. The van der Waals surface area contributed by atoms with Crippen molar-refractivity contribution >= 4 is 33.5 Å². The monoisotopic (exact) mass is 275 g/mol. The van der Waals surface area contributed by atoms with Gasteiger partial charge in [-0.2, -0.15) is 0 Å². The van der Waals surface area contributed by atoms with Crippen LogP contribution in [0.15, 0.2) is 0 Å². The van der Waals surface area contributed by atoms with E-state index in [1.165, 1.54) is 0 Å². The number of rotatable bonds is 6. The summed E-state index contributed by atoms with van der Waals surface area (Å²) in [6, 6.07) is 0. The molecule has 2 unspecified atom stereocenters. The lowest BCUT2D eigenvalue weighted by Gasteiger charge is -2.05. The van der Waals surface area contributed by atoms with Crippen molar-refractivity contribution in [2.75, 3.05) is 13.2 Å². The molecule has 0 amide bonds. The van der Waals surface area contributed by atoms with Gasteiger partial charge in [-0.3, -0.25) is 0 Å². The first kappa shape index (κ1) is 17.9. The van der Waals surface area contributed by atoms with E-state index in [1.54, 1.807) is 0 Å². The quantitative estimate of drug-likeness (QED) is 0.239. The van der Waals surface area contributed by atoms with Gasteiger partial charge in [-0.05, 0) is 21.6 Å². The van der Waals surface area contributed by atoms with E-state index in [4.69, 9.17) is 31.3 Å². The van der Waals surface area contributed by atoms with Crippen molar-refractivity contribution in [3.63, 3.8) is 0 Å². The summed E-state index contributed by atoms with van der Waals surface area (Å²) in [6.45, 7) is 0.472. The van der Waals surface area contributed by atoms with Gasteiger partial charge < -0.3 is 31.3 Å². The molecule has 0 aliphatic carbocycles. The first-order valence-electron chi connectivity index (χ1n) is 3.81. The minimum atomic E-state index is -1.73. The summed E-state index contributed by atoms with van der Waals surface area (Å²) in [7, 11) is 0.726. The molecule has 8 nitrogen and oxygen atoms in total. The highest BCUT2D eigenvalue weighted by Crippen LogP contribution is 2.28. The normalized spacial score (nSPS) is 13.2. The summed E-state index contributed by atoms with van der Waals surface area (Å²) in [4.78, 5) is 19.9. The molecule has 0 rings (SSSR count). The second kappa shape index (κ2) is 11.0. The zero-order chi connectivity index (χ0) is 13.1. The highest BCUT2D eigenvalue weighted by Gasteiger charge is 2.20. The smallest absolute Gasteiger partial charge is 0.344 e. The lowest BCUT2D eigenvalue weighted by atomic mass is 10.7. The van der Waals surface area contributed by atoms with E-state index >= 15 is 0 Å². The fraction of sp³-hybridized carbons (Fsp3) is 0.667. The zero-order valence-electron chi connectivity index (χ0n) is 8.02. The van der Waals surface area contributed by atoms with Crippen molar-refractivity contribution in [2.45, 2.75) is 10.9 Å². The molecule has 10 heteroatoms. The minimum Gasteiger partial charge on any atom is -0.479 e. The molecule has 0 spiro atoms. The molecule has 0 heterocycles. The lowest BCUT2D eigenvalue weighted by Crippen LogP contribution is -2.17. The van der Waals surface area contributed by atoms with E-state index in [9.17, 15) is 9.59 Å². The Labute approximate surface area is 98.9 Å². The van der Waals surface area contributed by atoms with Crippen molar-refractivity contribution in [3.8, 4) is 0 Å².